The molecule has 86 valence electrons. The first-order valence-electron chi connectivity index (χ1n) is 4.53. The maximum Gasteiger partial charge on any atom is 0.308 e. The Labute approximate surface area is 91.6 Å². The summed E-state index contributed by atoms with van der Waals surface area (Å²) < 4.78 is 4.88. The predicted octanol–water partition coefficient (Wildman–Crippen LogP) is 1.32. The number of aryl methyl sites for hydroxylation is 1. The lowest BCUT2D eigenvalue weighted by atomic mass is 10.1. The second-order valence-corrected chi connectivity index (χ2v) is 3.26. The highest BCUT2D eigenvalue weighted by Gasteiger charge is 2.16. The van der Waals surface area contributed by atoms with Gasteiger partial charge in [0.15, 0.2) is 0 Å². The summed E-state index contributed by atoms with van der Waals surface area (Å²) in [5.41, 5.74) is 0.521. The van der Waals surface area contributed by atoms with Crippen LogP contribution >= 0.6 is 0 Å². The highest BCUT2D eigenvalue weighted by atomic mass is 16.6. The number of nitrogens with zero attached hydrogens (tertiary/aromatic N) is 1. The molecule has 0 aliphatic carbocycles. The van der Waals surface area contributed by atoms with E-state index >= 15 is 0 Å². The molecule has 1 N–H and O–H groups in total. The van der Waals surface area contributed by atoms with Crippen molar-refractivity contribution in [3.05, 3.63) is 33.4 Å². The van der Waals surface area contributed by atoms with Gasteiger partial charge in [-0.2, -0.15) is 0 Å². The van der Waals surface area contributed by atoms with E-state index in [-0.39, 0.29) is 17.0 Å². The van der Waals surface area contributed by atoms with Gasteiger partial charge in [-0.1, -0.05) is 0 Å². The van der Waals surface area contributed by atoms with Crippen molar-refractivity contribution < 1.29 is 19.6 Å². The molecule has 16 heavy (non-hydrogen) atoms. The van der Waals surface area contributed by atoms with Crippen molar-refractivity contribution in [1.82, 2.24) is 0 Å². The highest BCUT2D eigenvalue weighted by Crippen LogP contribution is 2.29. The minimum absolute atomic E-state index is 0.141. The monoisotopic (exact) mass is 225 g/mol. The number of hydrogen-bond donors (Lipinski definition) is 1. The van der Waals surface area contributed by atoms with Crippen LogP contribution in [0.15, 0.2) is 12.1 Å². The van der Waals surface area contributed by atoms with E-state index in [1.54, 1.807) is 6.92 Å². The third-order valence-electron chi connectivity index (χ3n) is 1.96. The Morgan fingerprint density at radius 1 is 1.56 bits per heavy atom. The molecular weight excluding hydrogens is 214 g/mol. The summed E-state index contributed by atoms with van der Waals surface area (Å²) in [6, 6.07) is 2.47. The molecule has 0 spiro atoms. The Morgan fingerprint density at radius 2 is 2.19 bits per heavy atom. The second kappa shape index (κ2) is 4.71. The molecule has 0 amide bonds. The number of esters is 1. The lowest BCUT2D eigenvalue weighted by Gasteiger charge is -2.09. The van der Waals surface area contributed by atoms with Gasteiger partial charge in [-0.05, 0) is 12.5 Å². The molecule has 0 saturated heterocycles. The number of aliphatic hydroxyl groups excluding tert-OH is 1. The van der Waals surface area contributed by atoms with E-state index < -0.39 is 17.5 Å². The van der Waals surface area contributed by atoms with Gasteiger partial charge in [-0.25, -0.2) is 0 Å². The van der Waals surface area contributed by atoms with Crippen molar-refractivity contribution >= 4 is 11.7 Å². The average molecular weight is 225 g/mol. The first-order valence-corrected chi connectivity index (χ1v) is 4.53. The number of hydrogen-bond acceptors (Lipinski definition) is 5. The van der Waals surface area contributed by atoms with Crippen molar-refractivity contribution in [2.45, 2.75) is 20.5 Å². The number of ether oxygens (including phenoxy) is 1. The lowest BCUT2D eigenvalue weighted by molar-refractivity contribution is -0.385. The minimum atomic E-state index is -0.566. The molecule has 0 saturated carbocycles. The molecule has 0 radical (unpaired) electrons. The zero-order valence-corrected chi connectivity index (χ0v) is 8.89. The molecule has 6 nitrogen and oxygen atoms in total. The zero-order chi connectivity index (χ0) is 12.3. The largest absolute Gasteiger partial charge is 0.426 e. The Balaban J connectivity index is 3.28. The molecule has 6 heteroatoms. The van der Waals surface area contributed by atoms with Crippen molar-refractivity contribution in [3.63, 3.8) is 0 Å². The van der Waals surface area contributed by atoms with Crippen LogP contribution in [0.4, 0.5) is 5.69 Å². The third-order valence-corrected chi connectivity index (χ3v) is 1.96. The van der Waals surface area contributed by atoms with Crippen LogP contribution in [0, 0.1) is 17.0 Å². The van der Waals surface area contributed by atoms with Gasteiger partial charge < -0.3 is 9.84 Å². The van der Waals surface area contributed by atoms with Crippen LogP contribution in [0.25, 0.3) is 0 Å². The highest BCUT2D eigenvalue weighted by molar-refractivity contribution is 5.70. The fourth-order valence-corrected chi connectivity index (χ4v) is 1.34. The Morgan fingerprint density at radius 3 is 2.62 bits per heavy atom. The van der Waals surface area contributed by atoms with E-state index in [1.807, 2.05) is 0 Å². The summed E-state index contributed by atoms with van der Waals surface area (Å²) >= 11 is 0. The molecule has 0 unspecified atom stereocenters. The molecule has 0 atom stereocenters. The SMILES string of the molecule is CC(=O)Oc1c(C)cc([N+](=O)[O-])cc1CO. The molecule has 1 aromatic rings. The fourth-order valence-electron chi connectivity index (χ4n) is 1.34. The molecule has 0 aliphatic rings. The van der Waals surface area contributed by atoms with Crippen LogP contribution in [-0.4, -0.2) is 16.0 Å². The van der Waals surface area contributed by atoms with Crippen LogP contribution in [0.1, 0.15) is 18.1 Å². The topological polar surface area (TPSA) is 89.7 Å². The number of benzene rings is 1. The van der Waals surface area contributed by atoms with E-state index in [2.05, 4.69) is 0 Å². The van der Waals surface area contributed by atoms with Gasteiger partial charge in [-0.3, -0.25) is 14.9 Å². The predicted molar refractivity (Wildman–Crippen MR) is 55.1 cm³/mol. The van der Waals surface area contributed by atoms with E-state index in [0.29, 0.717) is 5.56 Å². The molecule has 0 heterocycles. The number of aliphatic hydroxyl groups is 1. The van der Waals surface area contributed by atoms with E-state index in [9.17, 15) is 14.9 Å². The first-order chi connectivity index (χ1) is 7.45. The maximum absolute atomic E-state index is 10.8. The number of carbonyl (C=O) groups is 1. The molecule has 0 aromatic heterocycles. The zero-order valence-electron chi connectivity index (χ0n) is 8.89. The van der Waals surface area contributed by atoms with Crippen molar-refractivity contribution in [3.8, 4) is 5.75 Å². The van der Waals surface area contributed by atoms with Gasteiger partial charge in [0, 0.05) is 24.6 Å². The average Bonchev–Trinajstić information content (AvgIpc) is 2.19. The molecule has 0 fully saturated rings. The minimum Gasteiger partial charge on any atom is -0.426 e. The van der Waals surface area contributed by atoms with Gasteiger partial charge in [0.1, 0.15) is 5.75 Å². The van der Waals surface area contributed by atoms with E-state index in [1.165, 1.54) is 19.1 Å². The van der Waals surface area contributed by atoms with Crippen molar-refractivity contribution in [2.75, 3.05) is 0 Å². The Hall–Kier alpha value is -1.95. The number of nitro benzene ring substituents is 1. The van der Waals surface area contributed by atoms with Crippen LogP contribution in [0.3, 0.4) is 0 Å². The summed E-state index contributed by atoms with van der Waals surface area (Å²) in [6.45, 7) is 2.37. The molecule has 1 aromatic carbocycles. The lowest BCUT2D eigenvalue weighted by Crippen LogP contribution is -2.06. The van der Waals surface area contributed by atoms with E-state index in [4.69, 9.17) is 9.84 Å². The first kappa shape index (κ1) is 12.1. The van der Waals surface area contributed by atoms with Gasteiger partial charge in [-0.15, -0.1) is 0 Å². The molecule has 1 rings (SSSR count). The summed E-state index contributed by atoms with van der Waals surface area (Å²) in [5.74, 6) is -0.354. The van der Waals surface area contributed by atoms with Crippen LogP contribution in [0.5, 0.6) is 5.75 Å². The Bertz CT molecular complexity index is 441. The fraction of sp³-hybridized carbons (Fsp3) is 0.300. The standard InChI is InChI=1S/C10H11NO5/c1-6-3-9(11(14)15)4-8(5-12)10(6)16-7(2)13/h3-4,12H,5H2,1-2H3. The number of carbonyl (C=O) groups excluding carboxylic acids is 1. The molecule has 0 aliphatic heterocycles. The van der Waals surface area contributed by atoms with Crippen molar-refractivity contribution in [2.24, 2.45) is 0 Å². The normalized spacial score (nSPS) is 9.94. The smallest absolute Gasteiger partial charge is 0.308 e. The van der Waals surface area contributed by atoms with Crippen LogP contribution in [0.2, 0.25) is 0 Å². The number of nitro groups is 1. The molecular formula is C10H11NO5. The summed E-state index contributed by atoms with van der Waals surface area (Å²) in [5, 5.41) is 19.6. The maximum atomic E-state index is 10.8. The van der Waals surface area contributed by atoms with Crippen LogP contribution in [-0.2, 0) is 11.4 Å². The Kier molecular flexibility index (Phi) is 3.57. The summed E-state index contributed by atoms with van der Waals surface area (Å²) in [7, 11) is 0. The molecule has 0 bridgehead atoms. The quantitative estimate of drug-likeness (QED) is 0.362. The van der Waals surface area contributed by atoms with Crippen molar-refractivity contribution in [1.29, 1.82) is 0 Å². The van der Waals surface area contributed by atoms with Crippen LogP contribution < -0.4 is 4.74 Å². The summed E-state index contributed by atoms with van der Waals surface area (Å²) in [6.07, 6.45) is 0. The van der Waals surface area contributed by atoms with Gasteiger partial charge in [0.05, 0.1) is 11.5 Å². The third kappa shape index (κ3) is 2.54. The summed E-state index contributed by atoms with van der Waals surface area (Å²) in [4.78, 5) is 20.8. The van der Waals surface area contributed by atoms with Gasteiger partial charge >= 0.3 is 5.97 Å². The number of non-ortho nitro benzene ring substituents is 1. The number of rotatable bonds is 3. The second-order valence-electron chi connectivity index (χ2n) is 3.26. The van der Waals surface area contributed by atoms with E-state index in [0.717, 1.165) is 0 Å². The van der Waals surface area contributed by atoms with Gasteiger partial charge in [0.2, 0.25) is 0 Å². The van der Waals surface area contributed by atoms with Gasteiger partial charge in [0.25, 0.3) is 5.69 Å².